The summed E-state index contributed by atoms with van der Waals surface area (Å²) in [4.78, 5) is 12.7. The fraction of sp³-hybridized carbons (Fsp3) is 0.214. The highest BCUT2D eigenvalue weighted by atomic mass is 32.2. The van der Waals surface area contributed by atoms with Crippen molar-refractivity contribution in [3.8, 4) is 45.8 Å². The summed E-state index contributed by atoms with van der Waals surface area (Å²) >= 11 is 1.25. The van der Waals surface area contributed by atoms with Crippen molar-refractivity contribution < 1.29 is 33.4 Å². The summed E-state index contributed by atoms with van der Waals surface area (Å²) in [5.74, 6) is 2.22. The number of para-hydroxylation sites is 1. The van der Waals surface area contributed by atoms with Crippen LogP contribution in [0.25, 0.3) is 17.1 Å². The number of aromatic hydroxyl groups is 1. The van der Waals surface area contributed by atoms with E-state index < -0.39 is 0 Å². The van der Waals surface area contributed by atoms with Gasteiger partial charge in [0.15, 0.2) is 23.0 Å². The number of phenolic OH excluding ortho intramolecular Hbond substituents is 1. The van der Waals surface area contributed by atoms with Crippen LogP contribution in [0.15, 0.2) is 70.9 Å². The normalized spacial score (nSPS) is 11.2. The Morgan fingerprint density at radius 1 is 0.975 bits per heavy atom. The molecule has 40 heavy (non-hydrogen) atoms. The maximum absolute atomic E-state index is 12.7. The number of benzene rings is 3. The molecular weight excluding hydrogens is 534 g/mol. The Kier molecular flexibility index (Phi) is 9.12. The van der Waals surface area contributed by atoms with Gasteiger partial charge in [-0.1, -0.05) is 18.2 Å². The van der Waals surface area contributed by atoms with Gasteiger partial charge in [0.2, 0.25) is 5.75 Å². The molecule has 0 saturated carbocycles. The Bertz CT molecular complexity index is 1500. The van der Waals surface area contributed by atoms with Crippen LogP contribution in [-0.4, -0.2) is 61.1 Å². The predicted molar refractivity (Wildman–Crippen MR) is 151 cm³/mol. The number of aromatic nitrogens is 3. The molecule has 0 bridgehead atoms. The number of H-pyrrole nitrogens is 1. The van der Waals surface area contributed by atoms with Crippen LogP contribution in [0.4, 0.5) is 0 Å². The lowest BCUT2D eigenvalue weighted by molar-refractivity contribution is -0.625. The van der Waals surface area contributed by atoms with E-state index in [2.05, 4.69) is 20.7 Å². The van der Waals surface area contributed by atoms with Crippen molar-refractivity contribution in [2.75, 3.05) is 34.2 Å². The smallest absolute Gasteiger partial charge is 0.342 e. The van der Waals surface area contributed by atoms with Gasteiger partial charge in [-0.15, -0.1) is 5.10 Å². The number of rotatable bonds is 11. The number of hydrogen-bond donors (Lipinski definition) is 3. The van der Waals surface area contributed by atoms with E-state index in [1.54, 1.807) is 40.4 Å². The Balaban J connectivity index is 1.59. The van der Waals surface area contributed by atoms with Gasteiger partial charge in [-0.3, -0.25) is 4.79 Å². The topological polar surface area (TPSA) is 131 Å². The van der Waals surface area contributed by atoms with Gasteiger partial charge in [-0.2, -0.15) is 9.67 Å². The molecule has 1 amide bonds. The van der Waals surface area contributed by atoms with Crippen LogP contribution in [0.2, 0.25) is 0 Å². The minimum atomic E-state index is -0.313. The number of nitrogens with zero attached hydrogens (tertiary/aromatic N) is 3. The molecule has 12 heteroatoms. The minimum absolute atomic E-state index is 0.0242. The molecule has 4 aromatic rings. The molecule has 0 radical (unpaired) electrons. The predicted octanol–water partition coefficient (Wildman–Crippen LogP) is 3.73. The molecule has 4 rings (SSSR count). The third-order valence-electron chi connectivity index (χ3n) is 5.90. The first-order valence-corrected chi connectivity index (χ1v) is 13.1. The highest BCUT2D eigenvalue weighted by Crippen LogP contribution is 2.40. The van der Waals surface area contributed by atoms with Crippen LogP contribution >= 0.6 is 11.8 Å². The fourth-order valence-corrected chi connectivity index (χ4v) is 4.66. The number of ether oxygens (including phenoxy) is 4. The van der Waals surface area contributed by atoms with Gasteiger partial charge < -0.3 is 24.1 Å². The molecule has 0 fully saturated rings. The summed E-state index contributed by atoms with van der Waals surface area (Å²) in [6, 6.07) is 18.2. The van der Waals surface area contributed by atoms with E-state index in [0.717, 1.165) is 11.3 Å². The van der Waals surface area contributed by atoms with Crippen LogP contribution in [0.1, 0.15) is 12.5 Å². The second-order valence-corrected chi connectivity index (χ2v) is 9.29. The molecular formula is C28H30N5O6S+. The zero-order chi connectivity index (χ0) is 28.6. The van der Waals surface area contributed by atoms with Crippen LogP contribution in [0.3, 0.4) is 0 Å². The summed E-state index contributed by atoms with van der Waals surface area (Å²) in [5.41, 5.74) is 5.42. The maximum Gasteiger partial charge on any atom is 0.342 e. The van der Waals surface area contributed by atoms with Crippen molar-refractivity contribution in [3.05, 3.63) is 66.2 Å². The Morgan fingerprint density at radius 3 is 2.27 bits per heavy atom. The average molecular weight is 565 g/mol. The summed E-state index contributed by atoms with van der Waals surface area (Å²) in [7, 11) is 6.13. The van der Waals surface area contributed by atoms with Gasteiger partial charge in [0.25, 0.3) is 11.7 Å². The highest BCUT2D eigenvalue weighted by molar-refractivity contribution is 7.99. The fourth-order valence-electron chi connectivity index (χ4n) is 3.90. The van der Waals surface area contributed by atoms with Crippen LogP contribution < -0.4 is 28.9 Å². The number of methoxy groups -OCH3 is 4. The summed E-state index contributed by atoms with van der Waals surface area (Å²) in [6.07, 6.45) is 0. The van der Waals surface area contributed by atoms with Gasteiger partial charge in [0, 0.05) is 5.56 Å². The lowest BCUT2D eigenvalue weighted by Gasteiger charge is -2.13. The Morgan fingerprint density at radius 2 is 1.65 bits per heavy atom. The third-order valence-corrected chi connectivity index (χ3v) is 6.84. The van der Waals surface area contributed by atoms with Crippen molar-refractivity contribution >= 4 is 23.4 Å². The van der Waals surface area contributed by atoms with Gasteiger partial charge in [-0.25, -0.2) is 5.43 Å². The molecule has 3 aromatic carbocycles. The lowest BCUT2D eigenvalue weighted by atomic mass is 10.1. The van der Waals surface area contributed by atoms with E-state index in [4.69, 9.17) is 18.9 Å². The molecule has 0 spiro atoms. The van der Waals surface area contributed by atoms with Crippen LogP contribution in [-0.2, 0) is 4.79 Å². The second kappa shape index (κ2) is 12.9. The number of aromatic amines is 1. The number of carbonyl (C=O) groups excluding carboxylic acids is 1. The monoisotopic (exact) mass is 564 g/mol. The first-order valence-electron chi connectivity index (χ1n) is 12.1. The molecule has 0 atom stereocenters. The van der Waals surface area contributed by atoms with E-state index in [1.807, 2.05) is 47.0 Å². The average Bonchev–Trinajstić information content (AvgIpc) is 3.42. The minimum Gasteiger partial charge on any atom is -0.504 e. The van der Waals surface area contributed by atoms with E-state index in [-0.39, 0.29) is 17.4 Å². The summed E-state index contributed by atoms with van der Waals surface area (Å²) < 4.78 is 23.6. The van der Waals surface area contributed by atoms with Gasteiger partial charge in [0.05, 0.1) is 50.6 Å². The number of thioether (sulfide) groups is 1. The summed E-state index contributed by atoms with van der Waals surface area (Å²) in [6.45, 7) is 1.75. The van der Waals surface area contributed by atoms with E-state index >= 15 is 0 Å². The number of carbonyl (C=O) groups is 1. The molecule has 0 saturated heterocycles. The highest BCUT2D eigenvalue weighted by Gasteiger charge is 2.27. The molecule has 0 aliphatic heterocycles. The van der Waals surface area contributed by atoms with E-state index in [1.165, 1.54) is 24.9 Å². The van der Waals surface area contributed by atoms with Gasteiger partial charge in [-0.05, 0) is 61.2 Å². The third kappa shape index (κ3) is 6.12. The zero-order valence-electron chi connectivity index (χ0n) is 22.7. The van der Waals surface area contributed by atoms with Gasteiger partial charge in [0.1, 0.15) is 5.69 Å². The molecule has 1 heterocycles. The van der Waals surface area contributed by atoms with Crippen molar-refractivity contribution in [1.29, 1.82) is 0 Å². The molecule has 11 nitrogen and oxygen atoms in total. The van der Waals surface area contributed by atoms with Crippen molar-refractivity contribution in [2.45, 2.75) is 12.1 Å². The number of hydrogen-bond acceptors (Lipinski definition) is 9. The number of hydrazone groups is 1. The number of amides is 1. The Labute approximate surface area is 235 Å². The standard InChI is InChI=1S/C28H29N5O6S/c1-17(18-11-12-21(34)22(13-18)36-2)29-30-25(35)16-40-28-32-31-27(33(28)20-9-7-6-8-10-20)19-14-23(37-3)26(39-5)24(15-19)38-4/h6-15H,16H2,1-5H3,(H2,29,30,34,35)/p+1. The molecule has 0 aliphatic carbocycles. The molecule has 1 aromatic heterocycles. The van der Waals surface area contributed by atoms with Crippen LogP contribution in [0.5, 0.6) is 28.7 Å². The van der Waals surface area contributed by atoms with Gasteiger partial charge >= 0.3 is 5.16 Å². The van der Waals surface area contributed by atoms with E-state index in [9.17, 15) is 9.90 Å². The number of phenols is 1. The molecule has 0 unspecified atom stereocenters. The number of nitrogens with one attached hydrogen (secondary N) is 2. The van der Waals surface area contributed by atoms with E-state index in [0.29, 0.717) is 45.3 Å². The molecule has 208 valence electrons. The molecule has 3 N–H and O–H groups in total. The summed E-state index contributed by atoms with van der Waals surface area (Å²) in [5, 5.41) is 22.1. The Hall–Kier alpha value is -4.71. The SMILES string of the molecule is COc1cc(/C(C)=N/NC(=O)CSc2n[nH]c(-c3cc(OC)c(OC)c(OC)c3)[n+]2-c2ccccc2)ccc1O. The lowest BCUT2D eigenvalue weighted by Crippen LogP contribution is -2.34. The maximum atomic E-state index is 12.7. The second-order valence-electron chi connectivity index (χ2n) is 8.35. The molecule has 0 aliphatic rings. The first kappa shape index (κ1) is 28.3. The van der Waals surface area contributed by atoms with Crippen molar-refractivity contribution in [2.24, 2.45) is 5.10 Å². The first-order chi connectivity index (χ1) is 19.4. The largest absolute Gasteiger partial charge is 0.504 e. The van der Waals surface area contributed by atoms with Crippen molar-refractivity contribution in [3.63, 3.8) is 0 Å². The van der Waals surface area contributed by atoms with Crippen molar-refractivity contribution in [1.82, 2.24) is 15.6 Å². The zero-order valence-corrected chi connectivity index (χ0v) is 23.5. The van der Waals surface area contributed by atoms with Crippen LogP contribution in [0, 0.1) is 0 Å². The quantitative estimate of drug-likeness (QED) is 0.109.